The van der Waals surface area contributed by atoms with Gasteiger partial charge in [0.05, 0.1) is 13.2 Å². The highest BCUT2D eigenvalue weighted by Gasteiger charge is 2.15. The van der Waals surface area contributed by atoms with Crippen LogP contribution in [0.15, 0.2) is 10.2 Å². The van der Waals surface area contributed by atoms with Crippen LogP contribution >= 0.6 is 0 Å². The molecule has 0 amide bonds. The molecule has 0 heterocycles. The van der Waals surface area contributed by atoms with Crippen LogP contribution < -0.4 is 0 Å². The molecular formula is C6H14N2O3. The molecule has 0 rings (SSSR count). The first kappa shape index (κ1) is 10.5. The number of rotatable bonds is 5. The van der Waals surface area contributed by atoms with Gasteiger partial charge in [-0.15, -0.1) is 0 Å². The third-order valence-electron chi connectivity index (χ3n) is 0.930. The number of methoxy groups -OCH3 is 1. The zero-order chi connectivity index (χ0) is 8.74. The maximum atomic E-state index is 8.27. The molecule has 0 unspecified atom stereocenters. The Balaban J connectivity index is 3.55. The van der Waals surface area contributed by atoms with Crippen LogP contribution in [0.4, 0.5) is 0 Å². The number of hydrogen-bond donors (Lipinski definition) is 1. The number of nitrogens with zero attached hydrogens (tertiary/aromatic N) is 2. The van der Waals surface area contributed by atoms with Gasteiger partial charge in [0.25, 0.3) is 0 Å². The van der Waals surface area contributed by atoms with Crippen LogP contribution in [0.1, 0.15) is 13.8 Å². The topological polar surface area (TPSA) is 63.4 Å². The zero-order valence-corrected chi connectivity index (χ0v) is 7.07. The van der Waals surface area contributed by atoms with Crippen LogP contribution in [0.5, 0.6) is 0 Å². The summed E-state index contributed by atoms with van der Waals surface area (Å²) in [6.07, 6.45) is 0. The Morgan fingerprint density at radius 3 is 2.55 bits per heavy atom. The van der Waals surface area contributed by atoms with Crippen LogP contribution in [0.3, 0.4) is 0 Å². The van der Waals surface area contributed by atoms with E-state index in [9.17, 15) is 0 Å². The van der Waals surface area contributed by atoms with Gasteiger partial charge in [0, 0.05) is 7.11 Å². The summed E-state index contributed by atoms with van der Waals surface area (Å²) in [5.74, 6) is 0. The third-order valence-corrected chi connectivity index (χ3v) is 0.930. The fourth-order valence-electron chi connectivity index (χ4n) is 0.371. The van der Waals surface area contributed by atoms with Gasteiger partial charge in [0.1, 0.15) is 0 Å². The first-order valence-electron chi connectivity index (χ1n) is 3.32. The molecule has 0 bridgehead atoms. The molecule has 0 aliphatic carbocycles. The van der Waals surface area contributed by atoms with Crippen LogP contribution in [0, 0.1) is 0 Å². The predicted molar refractivity (Wildman–Crippen MR) is 39.4 cm³/mol. The Bertz CT molecular complexity index is 125. The van der Waals surface area contributed by atoms with Gasteiger partial charge < -0.3 is 4.74 Å². The monoisotopic (exact) mass is 162 g/mol. The second kappa shape index (κ2) is 5.17. The van der Waals surface area contributed by atoms with E-state index in [0.29, 0.717) is 13.2 Å². The molecule has 0 radical (unpaired) electrons. The van der Waals surface area contributed by atoms with Gasteiger partial charge in [-0.1, -0.05) is 0 Å². The molecule has 0 aromatic heterocycles. The van der Waals surface area contributed by atoms with Crippen molar-refractivity contribution in [3.63, 3.8) is 0 Å². The van der Waals surface area contributed by atoms with E-state index in [-0.39, 0.29) is 0 Å². The minimum atomic E-state index is -0.951. The summed E-state index contributed by atoms with van der Waals surface area (Å²) in [4.78, 5) is 4.02. The first-order chi connectivity index (χ1) is 5.12. The van der Waals surface area contributed by atoms with E-state index in [4.69, 9.17) is 9.99 Å². The van der Waals surface area contributed by atoms with Gasteiger partial charge in [-0.2, -0.15) is 10.2 Å². The van der Waals surface area contributed by atoms with Crippen molar-refractivity contribution in [3.05, 3.63) is 0 Å². The van der Waals surface area contributed by atoms with Crippen molar-refractivity contribution in [1.82, 2.24) is 0 Å². The smallest absolute Gasteiger partial charge is 0.206 e. The SMILES string of the molecule is COCCN=NC(C)(C)OO. The van der Waals surface area contributed by atoms with Crippen LogP contribution in [0.2, 0.25) is 0 Å². The quantitative estimate of drug-likeness (QED) is 0.287. The molecule has 0 saturated carbocycles. The Morgan fingerprint density at radius 2 is 2.09 bits per heavy atom. The van der Waals surface area contributed by atoms with E-state index >= 15 is 0 Å². The van der Waals surface area contributed by atoms with E-state index < -0.39 is 5.72 Å². The summed E-state index contributed by atoms with van der Waals surface area (Å²) in [6.45, 7) is 4.20. The molecule has 66 valence electrons. The highest BCUT2D eigenvalue weighted by molar-refractivity contribution is 4.58. The molecular weight excluding hydrogens is 148 g/mol. The molecule has 1 N–H and O–H groups in total. The summed E-state index contributed by atoms with van der Waals surface area (Å²) >= 11 is 0. The highest BCUT2D eigenvalue weighted by atomic mass is 17.1. The molecule has 0 spiro atoms. The second-order valence-electron chi connectivity index (χ2n) is 2.50. The fraction of sp³-hybridized carbons (Fsp3) is 1.00. The lowest BCUT2D eigenvalue weighted by Gasteiger charge is -2.11. The van der Waals surface area contributed by atoms with Gasteiger partial charge in [0.2, 0.25) is 5.72 Å². The minimum absolute atomic E-state index is 0.475. The van der Waals surface area contributed by atoms with Gasteiger partial charge >= 0.3 is 0 Å². The van der Waals surface area contributed by atoms with Gasteiger partial charge in [-0.05, 0) is 13.8 Å². The lowest BCUT2D eigenvalue weighted by molar-refractivity contribution is -0.311. The average Bonchev–Trinajstić information content (AvgIpc) is 1.99. The van der Waals surface area contributed by atoms with E-state index in [1.165, 1.54) is 0 Å². The summed E-state index contributed by atoms with van der Waals surface area (Å²) in [5.41, 5.74) is -0.951. The maximum absolute atomic E-state index is 8.27. The molecule has 0 aromatic carbocycles. The van der Waals surface area contributed by atoms with Crippen molar-refractivity contribution in [3.8, 4) is 0 Å². The lowest BCUT2D eigenvalue weighted by atomic mass is 10.3. The second-order valence-corrected chi connectivity index (χ2v) is 2.50. The van der Waals surface area contributed by atoms with Gasteiger partial charge in [-0.3, -0.25) is 0 Å². The third kappa shape index (κ3) is 5.90. The first-order valence-corrected chi connectivity index (χ1v) is 3.32. The molecule has 0 fully saturated rings. The molecule has 5 nitrogen and oxygen atoms in total. The summed E-state index contributed by atoms with van der Waals surface area (Å²) in [7, 11) is 1.59. The van der Waals surface area contributed by atoms with Crippen LogP contribution in [-0.4, -0.2) is 31.2 Å². The molecule has 0 aliphatic heterocycles. The summed E-state index contributed by atoms with van der Waals surface area (Å²) in [6, 6.07) is 0. The van der Waals surface area contributed by atoms with Gasteiger partial charge in [0.15, 0.2) is 0 Å². The standard InChI is InChI=1S/C6H14N2O3/c1-6(2,11-9)8-7-4-5-10-3/h9H,4-5H2,1-3H3. The van der Waals surface area contributed by atoms with Crippen molar-refractivity contribution in [2.24, 2.45) is 10.2 Å². The van der Waals surface area contributed by atoms with Crippen molar-refractivity contribution < 1.29 is 14.9 Å². The molecule has 5 heteroatoms. The molecule has 0 aromatic rings. The van der Waals surface area contributed by atoms with E-state index in [2.05, 4.69) is 15.1 Å². The highest BCUT2D eigenvalue weighted by Crippen LogP contribution is 2.08. The fourth-order valence-corrected chi connectivity index (χ4v) is 0.371. The van der Waals surface area contributed by atoms with Crippen molar-refractivity contribution in [1.29, 1.82) is 0 Å². The van der Waals surface area contributed by atoms with Gasteiger partial charge in [-0.25, -0.2) is 10.1 Å². The average molecular weight is 162 g/mol. The van der Waals surface area contributed by atoms with Crippen molar-refractivity contribution in [2.75, 3.05) is 20.3 Å². The number of ether oxygens (including phenoxy) is 1. The minimum Gasteiger partial charge on any atom is -0.383 e. The number of azo groups is 1. The Morgan fingerprint density at radius 1 is 1.45 bits per heavy atom. The molecule has 0 aliphatic rings. The Labute approximate surface area is 66.0 Å². The van der Waals surface area contributed by atoms with Crippen LogP contribution in [0.25, 0.3) is 0 Å². The number of hydrogen-bond acceptors (Lipinski definition) is 5. The van der Waals surface area contributed by atoms with E-state index in [1.807, 2.05) is 0 Å². The van der Waals surface area contributed by atoms with Crippen molar-refractivity contribution in [2.45, 2.75) is 19.6 Å². The maximum Gasteiger partial charge on any atom is 0.206 e. The molecule has 11 heavy (non-hydrogen) atoms. The zero-order valence-electron chi connectivity index (χ0n) is 7.07. The normalized spacial score (nSPS) is 12.7. The molecule has 0 atom stereocenters. The summed E-state index contributed by atoms with van der Waals surface area (Å²) in [5, 5.41) is 15.7. The molecule has 0 saturated heterocycles. The largest absolute Gasteiger partial charge is 0.383 e. The predicted octanol–water partition coefficient (Wildman–Crippen LogP) is 1.31. The Kier molecular flexibility index (Phi) is 4.93. The lowest BCUT2D eigenvalue weighted by Crippen LogP contribution is -2.18. The summed E-state index contributed by atoms with van der Waals surface area (Å²) < 4.78 is 4.73. The van der Waals surface area contributed by atoms with E-state index in [1.54, 1.807) is 21.0 Å². The van der Waals surface area contributed by atoms with E-state index in [0.717, 1.165) is 0 Å². The Hall–Kier alpha value is -0.520. The van der Waals surface area contributed by atoms with Crippen molar-refractivity contribution >= 4 is 0 Å². The van der Waals surface area contributed by atoms with Crippen LogP contribution in [-0.2, 0) is 9.62 Å².